The minimum atomic E-state index is -1.17. The summed E-state index contributed by atoms with van der Waals surface area (Å²) in [6.07, 6.45) is 1.79. The van der Waals surface area contributed by atoms with E-state index in [1.165, 1.54) is 20.2 Å². The van der Waals surface area contributed by atoms with Gasteiger partial charge in [-0.15, -0.1) is 0 Å². The van der Waals surface area contributed by atoms with E-state index in [4.69, 9.17) is 0 Å². The molecule has 0 N–H and O–H groups in total. The summed E-state index contributed by atoms with van der Waals surface area (Å²) >= 11 is 0.211. The Hall–Kier alpha value is -1.94. The molecule has 2 aliphatic rings. The van der Waals surface area contributed by atoms with Gasteiger partial charge in [-0.25, -0.2) is 0 Å². The Morgan fingerprint density at radius 3 is 2.72 bits per heavy atom. The van der Waals surface area contributed by atoms with Gasteiger partial charge in [-0.1, -0.05) is 0 Å². The van der Waals surface area contributed by atoms with Gasteiger partial charge in [0.2, 0.25) is 0 Å². The van der Waals surface area contributed by atoms with E-state index in [0.717, 1.165) is 21.3 Å². The van der Waals surface area contributed by atoms with Crippen LogP contribution in [0, 0.1) is 0 Å². The van der Waals surface area contributed by atoms with E-state index in [1.54, 1.807) is 6.20 Å². The van der Waals surface area contributed by atoms with Crippen LogP contribution in [0.5, 0.6) is 0 Å². The normalized spacial score (nSPS) is 17.1. The summed E-state index contributed by atoms with van der Waals surface area (Å²) in [5, 5.41) is 0. The van der Waals surface area contributed by atoms with Gasteiger partial charge in [0, 0.05) is 0 Å². The molecule has 0 fully saturated rings. The first-order valence-electron chi connectivity index (χ1n) is 8.27. The van der Waals surface area contributed by atoms with Crippen LogP contribution in [0.1, 0.15) is 25.3 Å². The number of fused-ring (bicyclic) bond motifs is 4. The van der Waals surface area contributed by atoms with E-state index in [-0.39, 0.29) is 15.0 Å². The third-order valence-corrected chi connectivity index (χ3v) is 8.44. The molecule has 3 heterocycles. The molecule has 25 heavy (non-hydrogen) atoms. The zero-order valence-electron chi connectivity index (χ0n) is 13.9. The first kappa shape index (κ1) is 15.3. The van der Waals surface area contributed by atoms with Crippen LogP contribution in [0.2, 0.25) is 0 Å². The van der Waals surface area contributed by atoms with E-state index in [0.29, 0.717) is 5.92 Å². The van der Waals surface area contributed by atoms with Crippen molar-refractivity contribution < 1.29 is 4.21 Å². The van der Waals surface area contributed by atoms with E-state index >= 15 is 0 Å². The van der Waals surface area contributed by atoms with Crippen LogP contribution in [0.25, 0.3) is 0 Å². The van der Waals surface area contributed by atoms with Gasteiger partial charge in [0.15, 0.2) is 0 Å². The molecule has 0 radical (unpaired) electrons. The van der Waals surface area contributed by atoms with E-state index in [1.807, 2.05) is 24.3 Å². The molecule has 0 bridgehead atoms. The van der Waals surface area contributed by atoms with E-state index < -0.39 is 10.8 Å². The van der Waals surface area contributed by atoms with Crippen LogP contribution >= 0.6 is 0 Å². The van der Waals surface area contributed by atoms with Crippen molar-refractivity contribution in [1.82, 2.24) is 4.98 Å². The maximum absolute atomic E-state index is 13.1. The maximum atomic E-state index is 13.1. The van der Waals surface area contributed by atoms with Crippen molar-refractivity contribution in [3.8, 4) is 0 Å². The first-order chi connectivity index (χ1) is 12.1. The molecule has 3 nitrogen and oxygen atoms in total. The molecule has 1 aromatic heterocycles. The van der Waals surface area contributed by atoms with Crippen LogP contribution in [-0.2, 0) is 10.8 Å². The average Bonchev–Trinajstić information content (AvgIpc) is 2.64. The summed E-state index contributed by atoms with van der Waals surface area (Å²) in [6, 6.07) is 16.8. The van der Waals surface area contributed by atoms with Crippen LogP contribution in [-0.4, -0.2) is 24.1 Å². The fourth-order valence-electron chi connectivity index (χ4n) is 3.38. The zero-order chi connectivity index (χ0) is 17.1. The molecular formula is C20H16N2OSSe. The summed E-state index contributed by atoms with van der Waals surface area (Å²) in [6.45, 7) is 4.43. The molecule has 5 rings (SSSR count). The van der Waals surface area contributed by atoms with Crippen LogP contribution in [0.3, 0.4) is 0 Å². The van der Waals surface area contributed by atoms with Gasteiger partial charge in [0.1, 0.15) is 0 Å². The summed E-state index contributed by atoms with van der Waals surface area (Å²) in [5.41, 5.74) is 3.60. The topological polar surface area (TPSA) is 33.2 Å². The number of pyridine rings is 1. The Morgan fingerprint density at radius 1 is 1.04 bits per heavy atom. The Morgan fingerprint density at radius 2 is 1.88 bits per heavy atom. The second kappa shape index (κ2) is 5.53. The fourth-order valence-corrected chi connectivity index (χ4v) is 7.10. The van der Waals surface area contributed by atoms with Crippen molar-refractivity contribution >= 4 is 51.9 Å². The van der Waals surface area contributed by atoms with Crippen molar-refractivity contribution in [2.45, 2.75) is 29.6 Å². The number of para-hydroxylation sites is 1. The Labute approximate surface area is 155 Å². The second-order valence-electron chi connectivity index (χ2n) is 6.52. The van der Waals surface area contributed by atoms with Crippen molar-refractivity contribution in [1.29, 1.82) is 0 Å². The number of hydrogen-bond donors (Lipinski definition) is 0. The Balaban J connectivity index is 1.85. The number of nitrogens with zero attached hydrogens (tertiary/aromatic N) is 2. The predicted molar refractivity (Wildman–Crippen MR) is 103 cm³/mol. The third-order valence-electron chi connectivity index (χ3n) is 4.66. The van der Waals surface area contributed by atoms with E-state index in [9.17, 15) is 4.21 Å². The summed E-state index contributed by atoms with van der Waals surface area (Å²) in [7, 11) is -1.17. The number of benzene rings is 2. The Kier molecular flexibility index (Phi) is 3.39. The molecule has 1 unspecified atom stereocenters. The molecule has 2 aliphatic heterocycles. The first-order valence-corrected chi connectivity index (χ1v) is 11.1. The molecule has 1 atom stereocenters. The molecule has 124 valence electrons. The summed E-state index contributed by atoms with van der Waals surface area (Å²) < 4.78 is 15.7. The van der Waals surface area contributed by atoms with Crippen LogP contribution in [0.15, 0.2) is 64.5 Å². The number of rotatable bonds is 1. The van der Waals surface area contributed by atoms with E-state index in [2.05, 4.69) is 48.0 Å². The zero-order valence-corrected chi connectivity index (χ0v) is 16.4. The van der Waals surface area contributed by atoms with Crippen molar-refractivity contribution in [3.05, 3.63) is 60.3 Å². The molecule has 0 amide bonds. The molecule has 0 saturated heterocycles. The SMILES string of the molecule is CC(C)c1ccc2c(c1)N1c3ncccc3S(=O)c3cccc(c31)[Se]2. The van der Waals surface area contributed by atoms with Crippen LogP contribution in [0.4, 0.5) is 17.2 Å². The van der Waals surface area contributed by atoms with Crippen molar-refractivity contribution in [3.63, 3.8) is 0 Å². The summed E-state index contributed by atoms with van der Waals surface area (Å²) in [4.78, 5) is 8.54. The van der Waals surface area contributed by atoms with Gasteiger partial charge >= 0.3 is 156 Å². The van der Waals surface area contributed by atoms with Gasteiger partial charge in [-0.2, -0.15) is 0 Å². The van der Waals surface area contributed by atoms with Crippen molar-refractivity contribution in [2.75, 3.05) is 4.90 Å². The molecule has 3 aromatic rings. The predicted octanol–water partition coefficient (Wildman–Crippen LogP) is 3.12. The van der Waals surface area contributed by atoms with Gasteiger partial charge in [0.05, 0.1) is 0 Å². The number of hydrogen-bond acceptors (Lipinski definition) is 3. The van der Waals surface area contributed by atoms with Gasteiger partial charge in [0.25, 0.3) is 0 Å². The quantitative estimate of drug-likeness (QED) is 0.398. The molecule has 5 heteroatoms. The third kappa shape index (κ3) is 2.16. The fraction of sp³-hybridized carbons (Fsp3) is 0.150. The monoisotopic (exact) mass is 412 g/mol. The van der Waals surface area contributed by atoms with Gasteiger partial charge in [-0.3, -0.25) is 0 Å². The minimum absolute atomic E-state index is 0.211. The molecule has 0 spiro atoms. The van der Waals surface area contributed by atoms with Gasteiger partial charge < -0.3 is 0 Å². The molecule has 0 saturated carbocycles. The average molecular weight is 411 g/mol. The number of aromatic nitrogens is 1. The molecular weight excluding hydrogens is 395 g/mol. The van der Waals surface area contributed by atoms with Gasteiger partial charge in [-0.05, 0) is 0 Å². The standard InChI is InChI=1S/C20H16N2OSSe/c1-12(2)13-8-9-17-14(11-13)22-19-15(5-3-7-18(19)25-17)24(23)16-6-4-10-21-20(16)22/h3-12H,1-2H3. The summed E-state index contributed by atoms with van der Waals surface area (Å²) in [5.74, 6) is 1.27. The Bertz CT molecular complexity index is 1050. The number of anilines is 3. The van der Waals surface area contributed by atoms with Crippen LogP contribution < -0.4 is 13.8 Å². The second-order valence-corrected chi connectivity index (χ2v) is 10.2. The molecule has 0 aliphatic carbocycles. The van der Waals surface area contributed by atoms with Crippen molar-refractivity contribution in [2.24, 2.45) is 0 Å². The molecule has 2 aromatic carbocycles.